The third-order valence-electron chi connectivity index (χ3n) is 2.64. The molecular weight excluding hydrogens is 277 g/mol. The molecule has 0 aliphatic carbocycles. The van der Waals surface area contributed by atoms with Gasteiger partial charge >= 0.3 is 0 Å². The molecular formula is C11H17Cl2N3O2. The van der Waals surface area contributed by atoms with E-state index in [0.717, 1.165) is 19.4 Å². The zero-order valence-electron chi connectivity index (χ0n) is 10.0. The third-order valence-corrected chi connectivity index (χ3v) is 2.64. The number of pyridine rings is 1. The molecule has 0 spiro atoms. The molecule has 1 atom stereocenters. The van der Waals surface area contributed by atoms with E-state index >= 15 is 0 Å². The molecule has 2 heterocycles. The van der Waals surface area contributed by atoms with Crippen molar-refractivity contribution in [1.29, 1.82) is 0 Å². The molecule has 1 aliphatic rings. The number of hydrogen-bond donors (Lipinski definition) is 2. The Kier molecular flexibility index (Phi) is 7.66. The van der Waals surface area contributed by atoms with E-state index in [0.29, 0.717) is 11.4 Å². The van der Waals surface area contributed by atoms with E-state index in [9.17, 15) is 4.79 Å². The van der Waals surface area contributed by atoms with Crippen molar-refractivity contribution in [3.8, 4) is 5.75 Å². The van der Waals surface area contributed by atoms with Gasteiger partial charge in [-0.25, -0.2) is 0 Å². The van der Waals surface area contributed by atoms with Crippen molar-refractivity contribution in [1.82, 2.24) is 10.3 Å². The largest absolute Gasteiger partial charge is 0.494 e. The molecule has 1 aromatic heterocycles. The molecule has 18 heavy (non-hydrogen) atoms. The van der Waals surface area contributed by atoms with E-state index in [1.54, 1.807) is 25.6 Å². The van der Waals surface area contributed by atoms with Crippen LogP contribution in [0.3, 0.4) is 0 Å². The van der Waals surface area contributed by atoms with Crippen LogP contribution in [-0.4, -0.2) is 30.6 Å². The Morgan fingerprint density at radius 2 is 2.33 bits per heavy atom. The van der Waals surface area contributed by atoms with Gasteiger partial charge in [0.25, 0.3) is 0 Å². The summed E-state index contributed by atoms with van der Waals surface area (Å²) < 4.78 is 5.13. The first-order valence-electron chi connectivity index (χ1n) is 5.33. The summed E-state index contributed by atoms with van der Waals surface area (Å²) in [6, 6.07) is 1.63. The number of amides is 1. The second-order valence-corrected chi connectivity index (χ2v) is 3.71. The number of nitrogens with one attached hydrogen (secondary N) is 2. The van der Waals surface area contributed by atoms with E-state index < -0.39 is 0 Å². The van der Waals surface area contributed by atoms with Crippen LogP contribution in [-0.2, 0) is 4.79 Å². The lowest BCUT2D eigenvalue weighted by Gasteiger charge is -2.12. The van der Waals surface area contributed by atoms with Crippen LogP contribution >= 0.6 is 24.8 Å². The molecule has 0 aromatic carbocycles. The quantitative estimate of drug-likeness (QED) is 0.889. The number of rotatable bonds is 3. The van der Waals surface area contributed by atoms with Crippen LogP contribution in [0.4, 0.5) is 5.69 Å². The minimum Gasteiger partial charge on any atom is -0.494 e. The van der Waals surface area contributed by atoms with Gasteiger partial charge in [-0.1, -0.05) is 0 Å². The summed E-state index contributed by atoms with van der Waals surface area (Å²) in [5, 5.41) is 5.96. The summed E-state index contributed by atoms with van der Waals surface area (Å²) in [6.45, 7) is 0.905. The van der Waals surface area contributed by atoms with Crippen molar-refractivity contribution < 1.29 is 9.53 Å². The van der Waals surface area contributed by atoms with Crippen molar-refractivity contribution in [2.75, 3.05) is 19.0 Å². The van der Waals surface area contributed by atoms with E-state index in [1.807, 2.05) is 0 Å². The third kappa shape index (κ3) is 4.01. The first-order valence-corrected chi connectivity index (χ1v) is 5.33. The number of halogens is 2. The summed E-state index contributed by atoms with van der Waals surface area (Å²) in [4.78, 5) is 15.8. The molecule has 5 nitrogen and oxygen atoms in total. The highest BCUT2D eigenvalue weighted by molar-refractivity contribution is 5.96. The van der Waals surface area contributed by atoms with Crippen LogP contribution in [0, 0.1) is 0 Å². The fraction of sp³-hybridized carbons (Fsp3) is 0.455. The molecule has 102 valence electrons. The molecule has 0 bridgehead atoms. The van der Waals surface area contributed by atoms with Crippen LogP contribution < -0.4 is 15.4 Å². The van der Waals surface area contributed by atoms with Crippen LogP contribution in [0.2, 0.25) is 0 Å². The van der Waals surface area contributed by atoms with Crippen molar-refractivity contribution in [2.45, 2.75) is 18.9 Å². The van der Waals surface area contributed by atoms with Gasteiger partial charge in [-0.3, -0.25) is 9.78 Å². The predicted octanol–water partition coefficient (Wildman–Crippen LogP) is 1.62. The van der Waals surface area contributed by atoms with Crippen molar-refractivity contribution in [3.63, 3.8) is 0 Å². The molecule has 2 N–H and O–H groups in total. The normalized spacial score (nSPS) is 17.3. The second-order valence-electron chi connectivity index (χ2n) is 3.71. The highest BCUT2D eigenvalue weighted by atomic mass is 35.5. The Morgan fingerprint density at radius 3 is 2.94 bits per heavy atom. The molecule has 1 fully saturated rings. The summed E-state index contributed by atoms with van der Waals surface area (Å²) in [7, 11) is 1.57. The first kappa shape index (κ1) is 17.0. The smallest absolute Gasteiger partial charge is 0.241 e. The molecule has 1 saturated heterocycles. The van der Waals surface area contributed by atoms with Gasteiger partial charge < -0.3 is 15.4 Å². The summed E-state index contributed by atoms with van der Waals surface area (Å²) in [6.07, 6.45) is 5.14. The zero-order chi connectivity index (χ0) is 11.4. The minimum absolute atomic E-state index is 0. The van der Waals surface area contributed by atoms with Gasteiger partial charge in [-0.2, -0.15) is 0 Å². The SMILES string of the molecule is COc1ccncc1NC(=O)C1CCCN1.Cl.Cl. The number of ether oxygens (including phenoxy) is 1. The molecule has 7 heteroatoms. The van der Waals surface area contributed by atoms with Crippen LogP contribution in [0.15, 0.2) is 18.5 Å². The number of methoxy groups -OCH3 is 1. The number of aromatic nitrogens is 1. The minimum atomic E-state index is -0.0927. The Labute approximate surface area is 119 Å². The lowest BCUT2D eigenvalue weighted by molar-refractivity contribution is -0.117. The molecule has 0 saturated carbocycles. The fourth-order valence-electron chi connectivity index (χ4n) is 1.78. The number of hydrogen-bond acceptors (Lipinski definition) is 4. The molecule has 1 aliphatic heterocycles. The van der Waals surface area contributed by atoms with Gasteiger partial charge in [0.1, 0.15) is 11.4 Å². The molecule has 1 unspecified atom stereocenters. The number of carbonyl (C=O) groups is 1. The zero-order valence-corrected chi connectivity index (χ0v) is 11.6. The van der Waals surface area contributed by atoms with E-state index in [4.69, 9.17) is 4.74 Å². The van der Waals surface area contributed by atoms with Gasteiger partial charge in [0.05, 0.1) is 19.3 Å². The van der Waals surface area contributed by atoms with Crippen LogP contribution in [0.1, 0.15) is 12.8 Å². The predicted molar refractivity (Wildman–Crippen MR) is 74.9 cm³/mol. The van der Waals surface area contributed by atoms with Gasteiger partial charge in [0.2, 0.25) is 5.91 Å². The van der Waals surface area contributed by atoms with Crippen molar-refractivity contribution in [2.24, 2.45) is 0 Å². The van der Waals surface area contributed by atoms with Gasteiger partial charge in [-0.15, -0.1) is 24.8 Å². The average molecular weight is 294 g/mol. The lowest BCUT2D eigenvalue weighted by atomic mass is 10.2. The second kappa shape index (κ2) is 8.13. The van der Waals surface area contributed by atoms with E-state index in [1.165, 1.54) is 0 Å². The standard InChI is InChI=1S/C11H15N3O2.2ClH/c1-16-10-4-6-12-7-9(10)14-11(15)8-3-2-5-13-8;;/h4,6-8,13H,2-3,5H2,1H3,(H,14,15);2*1H. The maximum Gasteiger partial charge on any atom is 0.241 e. The summed E-state index contributed by atoms with van der Waals surface area (Å²) in [5.41, 5.74) is 0.615. The summed E-state index contributed by atoms with van der Waals surface area (Å²) >= 11 is 0. The highest BCUT2D eigenvalue weighted by Gasteiger charge is 2.22. The lowest BCUT2D eigenvalue weighted by Crippen LogP contribution is -2.35. The summed E-state index contributed by atoms with van der Waals surface area (Å²) in [5.74, 6) is 0.602. The number of anilines is 1. The van der Waals surface area contributed by atoms with Crippen LogP contribution in [0.25, 0.3) is 0 Å². The molecule has 2 rings (SSSR count). The van der Waals surface area contributed by atoms with Crippen molar-refractivity contribution >= 4 is 36.4 Å². The van der Waals surface area contributed by atoms with Gasteiger partial charge in [0, 0.05) is 12.3 Å². The topological polar surface area (TPSA) is 63.2 Å². The Balaban J connectivity index is 0.00000144. The van der Waals surface area contributed by atoms with Crippen LogP contribution in [0.5, 0.6) is 5.75 Å². The Morgan fingerprint density at radius 1 is 1.56 bits per heavy atom. The maximum atomic E-state index is 11.8. The van der Waals surface area contributed by atoms with E-state index in [-0.39, 0.29) is 36.8 Å². The Bertz CT molecular complexity index is 384. The van der Waals surface area contributed by atoms with Crippen molar-refractivity contribution in [3.05, 3.63) is 18.5 Å². The maximum absolute atomic E-state index is 11.8. The number of carbonyl (C=O) groups excluding carboxylic acids is 1. The Hall–Kier alpha value is -1.04. The molecule has 0 radical (unpaired) electrons. The monoisotopic (exact) mass is 293 g/mol. The van der Waals surface area contributed by atoms with E-state index in [2.05, 4.69) is 15.6 Å². The van der Waals surface area contributed by atoms with Gasteiger partial charge in [0.15, 0.2) is 0 Å². The van der Waals surface area contributed by atoms with Gasteiger partial charge in [-0.05, 0) is 19.4 Å². The molecule has 1 amide bonds. The highest BCUT2D eigenvalue weighted by Crippen LogP contribution is 2.22. The molecule has 1 aromatic rings. The average Bonchev–Trinajstić information content (AvgIpc) is 2.83. The number of nitrogens with zero attached hydrogens (tertiary/aromatic N) is 1. The first-order chi connectivity index (χ1) is 7.81. The fourth-order valence-corrected chi connectivity index (χ4v) is 1.78.